The van der Waals surface area contributed by atoms with Gasteiger partial charge in [-0.25, -0.2) is 10.2 Å². The van der Waals surface area contributed by atoms with Crippen molar-refractivity contribution in [3.63, 3.8) is 0 Å². The van der Waals surface area contributed by atoms with Gasteiger partial charge in [-0.2, -0.15) is 5.10 Å². The Bertz CT molecular complexity index is 1240. The minimum Gasteiger partial charge on any atom is -0.497 e. The first kappa shape index (κ1) is 25.8. The van der Waals surface area contributed by atoms with Gasteiger partial charge in [0, 0.05) is 5.69 Å². The monoisotopic (exact) mass is 491 g/mol. The molecule has 0 heterocycles. The van der Waals surface area contributed by atoms with Crippen molar-refractivity contribution in [1.82, 2.24) is 5.43 Å². The zero-order valence-electron chi connectivity index (χ0n) is 19.9. The molecule has 0 unspecified atom stereocenters. The fourth-order valence-corrected chi connectivity index (χ4v) is 2.94. The number of benzene rings is 3. The van der Waals surface area contributed by atoms with Crippen molar-refractivity contribution in [2.24, 2.45) is 5.10 Å². The van der Waals surface area contributed by atoms with Crippen molar-refractivity contribution < 1.29 is 33.3 Å². The molecule has 0 aromatic heterocycles. The van der Waals surface area contributed by atoms with Crippen molar-refractivity contribution in [2.75, 3.05) is 26.1 Å². The van der Waals surface area contributed by atoms with Crippen molar-refractivity contribution in [3.05, 3.63) is 77.9 Å². The van der Waals surface area contributed by atoms with Gasteiger partial charge in [-0.15, -0.1) is 0 Å². The predicted octanol–water partition coefficient (Wildman–Crippen LogP) is 3.41. The number of carbonyl (C=O) groups excluding carboxylic acids is 3. The van der Waals surface area contributed by atoms with E-state index in [1.165, 1.54) is 26.5 Å². The molecule has 2 amide bonds. The standard InChI is InChI=1S/C26H25N3O7/c1-4-35-21-10-6-18(7-11-21)26(32)36-22-14-5-17(15-23(22)34-3)16-27-29-25(31)24(30)28-19-8-12-20(33-2)13-9-19/h5-16H,4H2,1-3H3,(H,28,30)(H,29,31)/b27-16-. The van der Waals surface area contributed by atoms with Gasteiger partial charge in [0.1, 0.15) is 11.5 Å². The van der Waals surface area contributed by atoms with Crippen LogP contribution < -0.4 is 29.7 Å². The summed E-state index contributed by atoms with van der Waals surface area (Å²) in [5.74, 6) is -0.637. The smallest absolute Gasteiger partial charge is 0.343 e. The Labute approximate surface area is 207 Å². The van der Waals surface area contributed by atoms with Crippen LogP contribution in [0.3, 0.4) is 0 Å². The molecule has 0 spiro atoms. The van der Waals surface area contributed by atoms with E-state index in [0.29, 0.717) is 34.9 Å². The predicted molar refractivity (Wildman–Crippen MR) is 133 cm³/mol. The van der Waals surface area contributed by atoms with Gasteiger partial charge in [-0.05, 0) is 79.2 Å². The van der Waals surface area contributed by atoms with E-state index in [2.05, 4.69) is 15.8 Å². The highest BCUT2D eigenvalue weighted by molar-refractivity contribution is 6.39. The first-order valence-electron chi connectivity index (χ1n) is 10.8. The number of hydrazone groups is 1. The van der Waals surface area contributed by atoms with Gasteiger partial charge < -0.3 is 24.3 Å². The number of carbonyl (C=O) groups is 3. The van der Waals surface area contributed by atoms with Gasteiger partial charge in [-0.3, -0.25) is 9.59 Å². The average molecular weight is 492 g/mol. The lowest BCUT2D eigenvalue weighted by Gasteiger charge is -2.10. The van der Waals surface area contributed by atoms with Gasteiger partial charge in [-0.1, -0.05) is 0 Å². The van der Waals surface area contributed by atoms with Crippen LogP contribution in [-0.4, -0.2) is 44.8 Å². The summed E-state index contributed by atoms with van der Waals surface area (Å²) in [6.45, 7) is 2.40. The molecule has 3 aromatic carbocycles. The molecule has 3 aromatic rings. The van der Waals surface area contributed by atoms with Crippen LogP contribution in [0.1, 0.15) is 22.8 Å². The Morgan fingerprint density at radius 2 is 1.53 bits per heavy atom. The largest absolute Gasteiger partial charge is 0.497 e. The van der Waals surface area contributed by atoms with E-state index in [0.717, 1.165) is 0 Å². The van der Waals surface area contributed by atoms with Crippen molar-refractivity contribution in [2.45, 2.75) is 6.92 Å². The molecule has 10 heteroatoms. The van der Waals surface area contributed by atoms with E-state index in [4.69, 9.17) is 18.9 Å². The quantitative estimate of drug-likeness (QED) is 0.155. The summed E-state index contributed by atoms with van der Waals surface area (Å²) in [5, 5.41) is 6.24. The van der Waals surface area contributed by atoms with Crippen molar-refractivity contribution in [1.29, 1.82) is 0 Å². The number of amides is 2. The van der Waals surface area contributed by atoms with Crippen LogP contribution in [0.2, 0.25) is 0 Å². The molecule has 36 heavy (non-hydrogen) atoms. The molecule has 0 fully saturated rings. The zero-order chi connectivity index (χ0) is 25.9. The maximum atomic E-state index is 12.5. The molecule has 0 aliphatic rings. The highest BCUT2D eigenvalue weighted by Gasteiger charge is 2.14. The summed E-state index contributed by atoms with van der Waals surface area (Å²) in [5.41, 5.74) is 3.46. The van der Waals surface area contributed by atoms with Gasteiger partial charge in [0.15, 0.2) is 11.5 Å². The Kier molecular flexibility index (Phi) is 8.99. The number of methoxy groups -OCH3 is 2. The van der Waals surface area contributed by atoms with E-state index < -0.39 is 17.8 Å². The lowest BCUT2D eigenvalue weighted by atomic mass is 10.2. The summed E-state index contributed by atoms with van der Waals surface area (Å²) in [6, 6.07) is 17.8. The second-order valence-corrected chi connectivity index (χ2v) is 7.14. The van der Waals surface area contributed by atoms with E-state index in [1.807, 2.05) is 6.92 Å². The number of nitrogens with one attached hydrogen (secondary N) is 2. The third kappa shape index (κ3) is 7.07. The van der Waals surface area contributed by atoms with Crippen LogP contribution >= 0.6 is 0 Å². The molecule has 0 aliphatic heterocycles. The zero-order valence-corrected chi connectivity index (χ0v) is 19.9. The molecule has 186 valence electrons. The minimum atomic E-state index is -0.949. The minimum absolute atomic E-state index is 0.205. The van der Waals surface area contributed by atoms with E-state index in [-0.39, 0.29) is 11.5 Å². The summed E-state index contributed by atoms with van der Waals surface area (Å²) in [6.07, 6.45) is 1.32. The van der Waals surface area contributed by atoms with Crippen LogP contribution in [0, 0.1) is 0 Å². The van der Waals surface area contributed by atoms with Crippen LogP contribution in [0.25, 0.3) is 0 Å². The summed E-state index contributed by atoms with van der Waals surface area (Å²) < 4.78 is 21.2. The summed E-state index contributed by atoms with van der Waals surface area (Å²) in [7, 11) is 2.95. The van der Waals surface area contributed by atoms with Crippen molar-refractivity contribution in [3.8, 4) is 23.0 Å². The number of hydrogen-bond acceptors (Lipinski definition) is 8. The topological polar surface area (TPSA) is 125 Å². The number of esters is 1. The molecule has 0 radical (unpaired) electrons. The molecular formula is C26H25N3O7. The van der Waals surface area contributed by atoms with Gasteiger partial charge in [0.25, 0.3) is 0 Å². The fourth-order valence-electron chi connectivity index (χ4n) is 2.94. The number of anilines is 1. The lowest BCUT2D eigenvalue weighted by Crippen LogP contribution is -2.32. The van der Waals surface area contributed by atoms with Crippen LogP contribution in [0.5, 0.6) is 23.0 Å². The SMILES string of the molecule is CCOc1ccc(C(=O)Oc2ccc(/C=N\NC(=O)C(=O)Nc3ccc(OC)cc3)cc2OC)cc1. The van der Waals surface area contributed by atoms with Crippen LogP contribution in [-0.2, 0) is 9.59 Å². The third-order valence-corrected chi connectivity index (χ3v) is 4.73. The first-order chi connectivity index (χ1) is 17.4. The summed E-state index contributed by atoms with van der Waals surface area (Å²) in [4.78, 5) is 36.5. The lowest BCUT2D eigenvalue weighted by molar-refractivity contribution is -0.136. The molecule has 10 nitrogen and oxygen atoms in total. The average Bonchev–Trinajstić information content (AvgIpc) is 2.90. The van der Waals surface area contributed by atoms with Gasteiger partial charge in [0.2, 0.25) is 0 Å². The van der Waals surface area contributed by atoms with Crippen molar-refractivity contribution >= 4 is 29.7 Å². The fraction of sp³-hybridized carbons (Fsp3) is 0.154. The third-order valence-electron chi connectivity index (χ3n) is 4.73. The Hall–Kier alpha value is -4.86. The highest BCUT2D eigenvalue weighted by atomic mass is 16.6. The second kappa shape index (κ2) is 12.6. The van der Waals surface area contributed by atoms with Gasteiger partial charge in [0.05, 0.1) is 32.6 Å². The summed E-state index contributed by atoms with van der Waals surface area (Å²) >= 11 is 0. The molecular weight excluding hydrogens is 466 g/mol. The Balaban J connectivity index is 1.57. The molecule has 2 N–H and O–H groups in total. The molecule has 0 bridgehead atoms. The number of ether oxygens (including phenoxy) is 4. The molecule has 0 saturated carbocycles. The molecule has 0 aliphatic carbocycles. The maximum Gasteiger partial charge on any atom is 0.343 e. The maximum absolute atomic E-state index is 12.5. The molecule has 3 rings (SSSR count). The second-order valence-electron chi connectivity index (χ2n) is 7.14. The highest BCUT2D eigenvalue weighted by Crippen LogP contribution is 2.28. The van der Waals surface area contributed by atoms with E-state index in [9.17, 15) is 14.4 Å². The van der Waals surface area contributed by atoms with Gasteiger partial charge >= 0.3 is 17.8 Å². The number of hydrogen-bond donors (Lipinski definition) is 2. The number of rotatable bonds is 9. The van der Waals surface area contributed by atoms with Crippen LogP contribution in [0.4, 0.5) is 5.69 Å². The Morgan fingerprint density at radius 1 is 0.833 bits per heavy atom. The normalized spacial score (nSPS) is 10.4. The molecule has 0 saturated heterocycles. The van der Waals surface area contributed by atoms with Crippen LogP contribution in [0.15, 0.2) is 71.8 Å². The van der Waals surface area contributed by atoms with E-state index >= 15 is 0 Å². The first-order valence-corrected chi connectivity index (χ1v) is 10.8. The Morgan fingerprint density at radius 3 is 2.17 bits per heavy atom. The molecule has 0 atom stereocenters. The number of nitrogens with zero attached hydrogens (tertiary/aromatic N) is 1. The van der Waals surface area contributed by atoms with E-state index in [1.54, 1.807) is 60.7 Å².